The molecule has 57 heavy (non-hydrogen) atoms. The molecule has 0 spiro atoms. The molecule has 0 bridgehead atoms. The number of benzene rings is 5. The number of hydrogen-bond donors (Lipinski definition) is 0. The van der Waals surface area contributed by atoms with Crippen LogP contribution < -0.4 is 5.19 Å². The van der Waals surface area contributed by atoms with Gasteiger partial charge in [-0.2, -0.15) is 0 Å². The Balaban J connectivity index is 0.000000202. The van der Waals surface area contributed by atoms with Crippen molar-refractivity contribution < 1.29 is 24.5 Å². The number of furan rings is 1. The fourth-order valence-electron chi connectivity index (χ4n) is 7.70. The van der Waals surface area contributed by atoms with E-state index in [1.165, 1.54) is 26.4 Å². The minimum atomic E-state index is -1.34. The Hall–Kier alpha value is -4.65. The van der Waals surface area contributed by atoms with Crippen LogP contribution in [0.3, 0.4) is 0 Å². The van der Waals surface area contributed by atoms with Crippen molar-refractivity contribution in [3.05, 3.63) is 144 Å². The maximum Gasteiger partial charge on any atom is 0.137 e. The molecule has 0 unspecified atom stereocenters. The van der Waals surface area contributed by atoms with Crippen LogP contribution in [0.15, 0.2) is 126 Å². The molecule has 0 fully saturated rings. The van der Waals surface area contributed by atoms with Crippen molar-refractivity contribution in [1.82, 2.24) is 14.5 Å². The van der Waals surface area contributed by atoms with Gasteiger partial charge in [0, 0.05) is 48.8 Å². The Morgan fingerprint density at radius 3 is 2.32 bits per heavy atom. The van der Waals surface area contributed by atoms with E-state index in [4.69, 9.17) is 9.40 Å². The van der Waals surface area contributed by atoms with E-state index in [1.807, 2.05) is 36.4 Å². The number of imidazole rings is 1. The first-order chi connectivity index (χ1) is 26.8. The molecule has 9 rings (SSSR count). The number of pyridine rings is 1. The molecule has 0 saturated heterocycles. The Morgan fingerprint density at radius 1 is 0.807 bits per heavy atom. The van der Waals surface area contributed by atoms with E-state index in [0.717, 1.165) is 74.1 Å². The molecule has 7 heteroatoms. The van der Waals surface area contributed by atoms with Gasteiger partial charge in [-0.25, -0.2) is 0 Å². The van der Waals surface area contributed by atoms with E-state index in [9.17, 15) is 0 Å². The molecule has 4 nitrogen and oxygen atoms in total. The number of hydrogen-bond acceptors (Lipinski definition) is 4. The van der Waals surface area contributed by atoms with Gasteiger partial charge >= 0.3 is 0 Å². The molecule has 0 atom stereocenters. The maximum atomic E-state index is 6.23. The summed E-state index contributed by atoms with van der Waals surface area (Å²) in [4.78, 5) is 9.80. The van der Waals surface area contributed by atoms with Gasteiger partial charge < -0.3 is 14.0 Å². The summed E-state index contributed by atoms with van der Waals surface area (Å²) in [5, 5.41) is 8.55. The average Bonchev–Trinajstić information content (AvgIpc) is 3.86. The molecule has 0 amide bonds. The number of aromatic nitrogens is 3. The maximum absolute atomic E-state index is 6.23. The van der Waals surface area contributed by atoms with Gasteiger partial charge in [0.1, 0.15) is 11.2 Å². The van der Waals surface area contributed by atoms with Gasteiger partial charge in [0.25, 0.3) is 0 Å². The monoisotopic (exact) mass is 960 g/mol. The quantitative estimate of drug-likeness (QED) is 0.118. The fourth-order valence-corrected chi connectivity index (χ4v) is 10.1. The molecule has 4 heterocycles. The second-order valence-corrected chi connectivity index (χ2v) is 23.4. The fraction of sp³-hybridized carbons (Fsp3) is 0.240. The molecular formula is C50H49IrN3OSSi-2. The minimum Gasteiger partial charge on any atom is -0.456 e. The van der Waals surface area contributed by atoms with Crippen LogP contribution in [-0.4, -0.2) is 22.6 Å². The smallest absolute Gasteiger partial charge is 0.137 e. The van der Waals surface area contributed by atoms with Crippen LogP contribution in [0.5, 0.6) is 0 Å². The predicted molar refractivity (Wildman–Crippen MR) is 241 cm³/mol. The van der Waals surface area contributed by atoms with Crippen molar-refractivity contribution in [1.29, 1.82) is 0 Å². The van der Waals surface area contributed by atoms with Crippen molar-refractivity contribution in [3.63, 3.8) is 0 Å². The number of para-hydroxylation sites is 3. The largest absolute Gasteiger partial charge is 0.456 e. The van der Waals surface area contributed by atoms with Gasteiger partial charge in [0.15, 0.2) is 0 Å². The normalized spacial score (nSPS) is 12.0. The molecule has 0 N–H and O–H groups in total. The zero-order valence-electron chi connectivity index (χ0n) is 34.0. The summed E-state index contributed by atoms with van der Waals surface area (Å²) in [5.41, 5.74) is 11.1. The van der Waals surface area contributed by atoms with Gasteiger partial charge in [-0.15, -0.1) is 47.3 Å². The summed E-state index contributed by atoms with van der Waals surface area (Å²) < 4.78 is 9.70. The third kappa shape index (κ3) is 8.63. The number of nitrogens with zero attached hydrogens (tertiary/aromatic N) is 3. The van der Waals surface area contributed by atoms with E-state index >= 15 is 0 Å². The molecule has 0 aliphatic rings. The number of rotatable bonds is 7. The van der Waals surface area contributed by atoms with Gasteiger partial charge in [-0.3, -0.25) is 16.3 Å². The topological polar surface area (TPSA) is 43.9 Å². The van der Waals surface area contributed by atoms with Crippen molar-refractivity contribution in [3.8, 4) is 28.3 Å². The Morgan fingerprint density at radius 2 is 1.56 bits per heavy atom. The van der Waals surface area contributed by atoms with Gasteiger partial charge in [0.2, 0.25) is 0 Å². The Labute approximate surface area is 355 Å². The van der Waals surface area contributed by atoms with Crippen molar-refractivity contribution in [2.24, 2.45) is 11.3 Å². The molecule has 291 valence electrons. The van der Waals surface area contributed by atoms with E-state index in [0.29, 0.717) is 5.92 Å². The molecule has 1 radical (unpaired) electrons. The van der Waals surface area contributed by atoms with E-state index in [-0.39, 0.29) is 25.5 Å². The molecule has 9 aromatic rings. The van der Waals surface area contributed by atoms with Gasteiger partial charge in [-0.1, -0.05) is 130 Å². The molecule has 5 aromatic carbocycles. The first-order valence-electron chi connectivity index (χ1n) is 19.6. The Bertz CT molecular complexity index is 2820. The SMILES string of the molecule is CC(C)(C)Cc1ccc2s[c-]c(-c3nc4ccccc4n3-c3ccc4c(c3)oc3ccccc34)c2c1.CC(C)Cc1cc(-c2[c-]cccc2)ncc1[Si](C)(C)C.[Ir]. The van der Waals surface area contributed by atoms with Crippen molar-refractivity contribution in [2.45, 2.75) is 67.1 Å². The van der Waals surface area contributed by atoms with Crippen LogP contribution in [0.4, 0.5) is 0 Å². The van der Waals surface area contributed by atoms with Crippen LogP contribution in [0.25, 0.3) is 71.4 Å². The van der Waals surface area contributed by atoms with Crippen molar-refractivity contribution >= 4 is 67.7 Å². The molecular weight excluding hydrogens is 911 g/mol. The molecule has 0 aliphatic carbocycles. The van der Waals surface area contributed by atoms with Crippen LogP contribution >= 0.6 is 11.3 Å². The number of fused-ring (bicyclic) bond motifs is 5. The second kappa shape index (κ2) is 16.3. The van der Waals surface area contributed by atoms with Gasteiger partial charge in [-0.05, 0) is 65.4 Å². The summed E-state index contributed by atoms with van der Waals surface area (Å²) in [5.74, 6) is 1.57. The minimum absolute atomic E-state index is 0. The van der Waals surface area contributed by atoms with Crippen LogP contribution in [0.1, 0.15) is 45.7 Å². The van der Waals surface area contributed by atoms with Gasteiger partial charge in [0.05, 0.1) is 24.9 Å². The third-order valence-corrected chi connectivity index (χ3v) is 13.1. The standard InChI is InChI=1S/C32H25N2OS.C18H24NSi.Ir/c1-32(2,3)18-20-12-15-30-24(16-20)25(19-36-30)31-33-26-9-5-6-10-27(26)34(31)21-13-14-23-22-8-4-7-11-28(22)35-29(23)17-21;1-14(2)11-16-12-17(15-9-7-6-8-10-15)19-13-18(16)20(3,4)5;/h4-17H,18H2,1-3H3;6-9,12-14H,11H2,1-5H3;/q2*-1;. The van der Waals surface area contributed by atoms with Crippen LogP contribution in [0.2, 0.25) is 19.6 Å². The molecule has 4 aromatic heterocycles. The van der Waals surface area contributed by atoms with E-state index in [2.05, 4.69) is 160 Å². The zero-order valence-corrected chi connectivity index (χ0v) is 38.2. The third-order valence-electron chi connectivity index (χ3n) is 10.1. The summed E-state index contributed by atoms with van der Waals surface area (Å²) >= 11 is 1.66. The summed E-state index contributed by atoms with van der Waals surface area (Å²) in [6.07, 6.45) is 4.26. The molecule has 0 aliphatic heterocycles. The Kier molecular flexibility index (Phi) is 11.6. The molecule has 0 saturated carbocycles. The summed E-state index contributed by atoms with van der Waals surface area (Å²) in [6.45, 7) is 18.6. The van der Waals surface area contributed by atoms with E-state index in [1.54, 1.807) is 11.3 Å². The summed E-state index contributed by atoms with van der Waals surface area (Å²) in [6, 6.07) is 43.4. The van der Waals surface area contributed by atoms with Crippen LogP contribution in [0, 0.1) is 22.8 Å². The van der Waals surface area contributed by atoms with E-state index < -0.39 is 8.07 Å². The zero-order chi connectivity index (χ0) is 39.2. The number of thiophene rings is 1. The van der Waals surface area contributed by atoms with Crippen molar-refractivity contribution in [2.75, 3.05) is 0 Å². The van der Waals surface area contributed by atoms with Crippen LogP contribution in [-0.2, 0) is 32.9 Å². The second-order valence-electron chi connectivity index (χ2n) is 17.5. The average molecular weight is 960 g/mol. The first-order valence-corrected chi connectivity index (χ1v) is 23.9. The first kappa shape index (κ1) is 40.5. The predicted octanol–water partition coefficient (Wildman–Crippen LogP) is 13.5. The summed E-state index contributed by atoms with van der Waals surface area (Å²) in [7, 11) is -1.34.